The van der Waals surface area contributed by atoms with Gasteiger partial charge in [-0.15, -0.1) is 5.10 Å². The highest BCUT2D eigenvalue weighted by Gasteiger charge is 2.29. The van der Waals surface area contributed by atoms with Crippen LogP contribution in [-0.4, -0.2) is 31.7 Å². The lowest BCUT2D eigenvalue weighted by Crippen LogP contribution is -2.21. The number of aliphatic hydroxyl groups excluding tert-OH is 1. The van der Waals surface area contributed by atoms with E-state index < -0.39 is 0 Å². The molecule has 0 saturated carbocycles. The van der Waals surface area contributed by atoms with Crippen molar-refractivity contribution in [3.05, 3.63) is 76.6 Å². The average Bonchev–Trinajstić information content (AvgIpc) is 3.08. The first-order chi connectivity index (χ1) is 11.2. The largest absolute Gasteiger partial charge is 0.390 e. The lowest BCUT2D eigenvalue weighted by Gasteiger charge is -2.18. The van der Waals surface area contributed by atoms with Crippen molar-refractivity contribution in [2.24, 2.45) is 0 Å². The fourth-order valence-corrected chi connectivity index (χ4v) is 2.80. The van der Waals surface area contributed by atoms with Gasteiger partial charge in [0.25, 0.3) is 0 Å². The SMILES string of the molecule is O=C1c2ccccc2C(=O)c2cc(-n3nncc3CO)ccc21. The number of carbonyl (C=O) groups is 2. The molecular weight excluding hydrogens is 294 g/mol. The van der Waals surface area contributed by atoms with Crippen molar-refractivity contribution < 1.29 is 14.7 Å². The van der Waals surface area contributed by atoms with E-state index in [1.807, 2.05) is 0 Å². The second kappa shape index (κ2) is 4.96. The smallest absolute Gasteiger partial charge is 0.194 e. The van der Waals surface area contributed by atoms with Gasteiger partial charge in [-0.2, -0.15) is 0 Å². The van der Waals surface area contributed by atoms with Gasteiger partial charge in [0, 0.05) is 22.3 Å². The number of hydrogen-bond acceptors (Lipinski definition) is 5. The van der Waals surface area contributed by atoms with Crippen molar-refractivity contribution in [3.63, 3.8) is 0 Å². The van der Waals surface area contributed by atoms with Crippen molar-refractivity contribution >= 4 is 11.6 Å². The van der Waals surface area contributed by atoms with Crippen molar-refractivity contribution in [3.8, 4) is 5.69 Å². The molecule has 23 heavy (non-hydrogen) atoms. The lowest BCUT2D eigenvalue weighted by molar-refractivity contribution is 0.0979. The number of rotatable bonds is 2. The van der Waals surface area contributed by atoms with E-state index in [0.717, 1.165) is 0 Å². The number of hydrogen-bond donors (Lipinski definition) is 1. The molecule has 3 aromatic rings. The second-order valence-corrected chi connectivity index (χ2v) is 5.23. The third kappa shape index (κ3) is 1.92. The Labute approximate surface area is 131 Å². The number of nitrogens with zero attached hydrogens (tertiary/aromatic N) is 3. The first-order valence-electron chi connectivity index (χ1n) is 7.04. The molecule has 0 fully saturated rings. The predicted octanol–water partition coefficient (Wildman–Crippen LogP) is 1.53. The minimum atomic E-state index is -0.222. The molecule has 0 spiro atoms. The Morgan fingerprint density at radius 1 is 0.913 bits per heavy atom. The topological polar surface area (TPSA) is 85.1 Å². The number of fused-ring (bicyclic) bond motifs is 2. The van der Waals surface area contributed by atoms with E-state index in [1.54, 1.807) is 42.5 Å². The zero-order chi connectivity index (χ0) is 16.0. The maximum atomic E-state index is 12.7. The van der Waals surface area contributed by atoms with Gasteiger partial charge in [-0.05, 0) is 18.2 Å². The van der Waals surface area contributed by atoms with Crippen LogP contribution in [0.4, 0.5) is 0 Å². The van der Waals surface area contributed by atoms with E-state index in [9.17, 15) is 14.7 Å². The Hall–Kier alpha value is -3.12. The molecule has 6 nitrogen and oxygen atoms in total. The van der Waals surface area contributed by atoms with Crippen molar-refractivity contribution in [1.29, 1.82) is 0 Å². The van der Waals surface area contributed by atoms with E-state index >= 15 is 0 Å². The summed E-state index contributed by atoms with van der Waals surface area (Å²) in [5, 5.41) is 17.0. The quantitative estimate of drug-likeness (QED) is 0.607. The van der Waals surface area contributed by atoms with Crippen LogP contribution in [0.3, 0.4) is 0 Å². The summed E-state index contributed by atoms with van der Waals surface area (Å²) in [7, 11) is 0. The molecule has 1 aromatic heterocycles. The standard InChI is InChI=1S/C17H11N3O3/c21-9-11-8-18-19-20(11)10-5-6-14-15(7-10)17(23)13-4-2-1-3-12(13)16(14)22/h1-8,21H,9H2. The molecule has 1 aliphatic carbocycles. The van der Waals surface area contributed by atoms with Crippen molar-refractivity contribution in [2.45, 2.75) is 6.61 Å². The van der Waals surface area contributed by atoms with Gasteiger partial charge in [0.15, 0.2) is 11.6 Å². The van der Waals surface area contributed by atoms with Crippen LogP contribution in [0.1, 0.15) is 37.5 Å². The van der Waals surface area contributed by atoms with E-state index in [1.165, 1.54) is 10.9 Å². The summed E-state index contributed by atoms with van der Waals surface area (Å²) in [4.78, 5) is 25.2. The third-order valence-corrected chi connectivity index (χ3v) is 3.94. The maximum absolute atomic E-state index is 12.7. The van der Waals surface area contributed by atoms with E-state index in [0.29, 0.717) is 33.6 Å². The highest BCUT2D eigenvalue weighted by molar-refractivity contribution is 6.28. The van der Waals surface area contributed by atoms with Crippen LogP contribution < -0.4 is 0 Å². The molecule has 2 aromatic carbocycles. The summed E-state index contributed by atoms with van der Waals surface area (Å²) >= 11 is 0. The summed E-state index contributed by atoms with van der Waals surface area (Å²) in [6, 6.07) is 11.7. The summed E-state index contributed by atoms with van der Waals surface area (Å²) in [5.41, 5.74) is 2.62. The summed E-state index contributed by atoms with van der Waals surface area (Å²) < 4.78 is 1.44. The minimum Gasteiger partial charge on any atom is -0.390 e. The molecule has 6 heteroatoms. The minimum absolute atomic E-state index is 0.164. The lowest BCUT2D eigenvalue weighted by atomic mass is 9.84. The van der Waals surface area contributed by atoms with Gasteiger partial charge in [0.05, 0.1) is 24.2 Å². The van der Waals surface area contributed by atoms with E-state index in [-0.39, 0.29) is 18.2 Å². The number of aromatic nitrogens is 3. The third-order valence-electron chi connectivity index (χ3n) is 3.94. The van der Waals surface area contributed by atoms with Crippen LogP contribution >= 0.6 is 0 Å². The van der Waals surface area contributed by atoms with Gasteiger partial charge >= 0.3 is 0 Å². The number of benzene rings is 2. The molecule has 0 atom stereocenters. The van der Waals surface area contributed by atoms with Crippen LogP contribution in [0.2, 0.25) is 0 Å². The molecule has 0 unspecified atom stereocenters. The summed E-state index contributed by atoms with van der Waals surface area (Å²) in [6.45, 7) is -0.222. The molecule has 0 bridgehead atoms. The Bertz CT molecular complexity index is 959. The van der Waals surface area contributed by atoms with Crippen LogP contribution in [0, 0.1) is 0 Å². The molecule has 0 saturated heterocycles. The Balaban J connectivity index is 1.90. The Morgan fingerprint density at radius 2 is 1.57 bits per heavy atom. The first-order valence-corrected chi connectivity index (χ1v) is 7.04. The molecular formula is C17H11N3O3. The first kappa shape index (κ1) is 13.5. The Kier molecular flexibility index (Phi) is 2.92. The number of carbonyl (C=O) groups excluding carboxylic acids is 2. The Morgan fingerprint density at radius 3 is 2.26 bits per heavy atom. The van der Waals surface area contributed by atoms with Crippen LogP contribution in [0.25, 0.3) is 5.69 Å². The molecule has 1 heterocycles. The highest BCUT2D eigenvalue weighted by Crippen LogP contribution is 2.28. The molecule has 112 valence electrons. The molecule has 0 radical (unpaired) electrons. The number of ketones is 2. The fraction of sp³-hybridized carbons (Fsp3) is 0.0588. The average molecular weight is 305 g/mol. The van der Waals surface area contributed by atoms with Gasteiger partial charge in [-0.1, -0.05) is 29.5 Å². The summed E-state index contributed by atoms with van der Waals surface area (Å²) in [6.07, 6.45) is 1.45. The number of aliphatic hydroxyl groups is 1. The molecule has 0 aliphatic heterocycles. The van der Waals surface area contributed by atoms with Gasteiger partial charge in [-0.3, -0.25) is 9.59 Å². The molecule has 1 aliphatic rings. The van der Waals surface area contributed by atoms with Crippen LogP contribution in [0.15, 0.2) is 48.7 Å². The summed E-state index contributed by atoms with van der Waals surface area (Å²) in [5.74, 6) is -0.356. The van der Waals surface area contributed by atoms with E-state index in [4.69, 9.17) is 0 Å². The molecule has 4 rings (SSSR count). The van der Waals surface area contributed by atoms with Gasteiger partial charge < -0.3 is 5.11 Å². The van der Waals surface area contributed by atoms with E-state index in [2.05, 4.69) is 10.3 Å². The molecule has 1 N–H and O–H groups in total. The maximum Gasteiger partial charge on any atom is 0.194 e. The van der Waals surface area contributed by atoms with Gasteiger partial charge in [0.2, 0.25) is 0 Å². The fourth-order valence-electron chi connectivity index (χ4n) is 2.80. The monoisotopic (exact) mass is 305 g/mol. The second-order valence-electron chi connectivity index (χ2n) is 5.23. The van der Waals surface area contributed by atoms with Gasteiger partial charge in [-0.25, -0.2) is 4.68 Å². The van der Waals surface area contributed by atoms with Gasteiger partial charge in [0.1, 0.15) is 0 Å². The van der Waals surface area contributed by atoms with Crippen LogP contribution in [0.5, 0.6) is 0 Å². The van der Waals surface area contributed by atoms with Crippen molar-refractivity contribution in [1.82, 2.24) is 15.0 Å². The predicted molar refractivity (Wildman–Crippen MR) is 80.6 cm³/mol. The highest BCUT2D eigenvalue weighted by atomic mass is 16.3. The normalized spacial score (nSPS) is 12.9. The van der Waals surface area contributed by atoms with Crippen molar-refractivity contribution in [2.75, 3.05) is 0 Å². The zero-order valence-corrected chi connectivity index (χ0v) is 11.9. The zero-order valence-electron chi connectivity index (χ0n) is 11.9. The van der Waals surface area contributed by atoms with Crippen LogP contribution in [-0.2, 0) is 6.61 Å². The molecule has 0 amide bonds.